The summed E-state index contributed by atoms with van der Waals surface area (Å²) in [4.78, 5) is 4.07. The zero-order chi connectivity index (χ0) is 14.6. The number of sulfonamides is 1. The van der Waals surface area contributed by atoms with Crippen LogP contribution in [0.3, 0.4) is 0 Å². The molecule has 0 saturated carbocycles. The Morgan fingerprint density at radius 3 is 2.95 bits per heavy atom. The van der Waals surface area contributed by atoms with Crippen LogP contribution in [-0.2, 0) is 10.0 Å². The molecule has 0 bridgehead atoms. The molecule has 0 spiro atoms. The van der Waals surface area contributed by atoms with E-state index in [9.17, 15) is 13.5 Å². The van der Waals surface area contributed by atoms with E-state index in [4.69, 9.17) is 0 Å². The molecule has 1 aliphatic heterocycles. The SMILES string of the molecule is C=CCC1(CO)CCCN(S(=O)(=O)c2cccnc2)C1. The Bertz CT molecular complexity index is 559. The number of hydrogen-bond donors (Lipinski definition) is 1. The minimum absolute atomic E-state index is 0.0297. The molecule has 1 saturated heterocycles. The Balaban J connectivity index is 2.27. The second-order valence-corrected chi connectivity index (χ2v) is 7.22. The zero-order valence-corrected chi connectivity index (χ0v) is 12.2. The minimum Gasteiger partial charge on any atom is -0.396 e. The number of pyridine rings is 1. The quantitative estimate of drug-likeness (QED) is 0.834. The molecular formula is C14H20N2O3S. The Morgan fingerprint density at radius 2 is 2.35 bits per heavy atom. The molecule has 110 valence electrons. The van der Waals surface area contributed by atoms with Crippen LogP contribution in [0.2, 0.25) is 0 Å². The first-order chi connectivity index (χ1) is 9.54. The molecule has 1 aromatic heterocycles. The average molecular weight is 296 g/mol. The Labute approximate surface area is 120 Å². The van der Waals surface area contributed by atoms with Crippen LogP contribution in [0.15, 0.2) is 42.1 Å². The lowest BCUT2D eigenvalue weighted by molar-refractivity contribution is 0.0669. The van der Waals surface area contributed by atoms with Gasteiger partial charge in [0.15, 0.2) is 0 Å². The van der Waals surface area contributed by atoms with E-state index < -0.39 is 15.4 Å². The summed E-state index contributed by atoms with van der Waals surface area (Å²) < 4.78 is 26.6. The first-order valence-corrected chi connectivity index (χ1v) is 8.10. The van der Waals surface area contributed by atoms with Gasteiger partial charge >= 0.3 is 0 Å². The molecular weight excluding hydrogens is 276 g/mol. The molecule has 5 nitrogen and oxygen atoms in total. The van der Waals surface area contributed by atoms with E-state index in [1.54, 1.807) is 24.4 Å². The maximum Gasteiger partial charge on any atom is 0.244 e. The summed E-state index contributed by atoms with van der Waals surface area (Å²) in [5.74, 6) is 0. The fourth-order valence-electron chi connectivity index (χ4n) is 2.68. The van der Waals surface area contributed by atoms with Crippen molar-refractivity contribution in [3.63, 3.8) is 0 Å². The van der Waals surface area contributed by atoms with Gasteiger partial charge < -0.3 is 5.11 Å². The van der Waals surface area contributed by atoms with Gasteiger partial charge in [-0.1, -0.05) is 6.08 Å². The van der Waals surface area contributed by atoms with Crippen LogP contribution in [-0.4, -0.2) is 42.5 Å². The molecule has 1 aromatic rings. The molecule has 1 N–H and O–H groups in total. The molecule has 2 heterocycles. The summed E-state index contributed by atoms with van der Waals surface area (Å²) in [6, 6.07) is 3.16. The third-order valence-corrected chi connectivity index (χ3v) is 5.64. The van der Waals surface area contributed by atoms with Crippen LogP contribution in [0.4, 0.5) is 0 Å². The van der Waals surface area contributed by atoms with Crippen molar-refractivity contribution in [2.45, 2.75) is 24.2 Å². The molecule has 0 radical (unpaired) electrons. The van der Waals surface area contributed by atoms with Crippen LogP contribution in [0.25, 0.3) is 0 Å². The molecule has 0 amide bonds. The summed E-state index contributed by atoms with van der Waals surface area (Å²) in [7, 11) is -3.54. The number of aliphatic hydroxyl groups is 1. The van der Waals surface area contributed by atoms with Gasteiger partial charge in [0.1, 0.15) is 4.90 Å². The largest absolute Gasteiger partial charge is 0.396 e. The Hall–Kier alpha value is -1.24. The van der Waals surface area contributed by atoms with Crippen LogP contribution >= 0.6 is 0 Å². The van der Waals surface area contributed by atoms with Crippen LogP contribution < -0.4 is 0 Å². The molecule has 0 aromatic carbocycles. The van der Waals surface area contributed by atoms with Gasteiger partial charge in [0.05, 0.1) is 6.61 Å². The Morgan fingerprint density at radius 1 is 1.55 bits per heavy atom. The lowest BCUT2D eigenvalue weighted by Crippen LogP contribution is -2.47. The number of allylic oxidation sites excluding steroid dienone is 1. The third kappa shape index (κ3) is 2.92. The predicted molar refractivity (Wildman–Crippen MR) is 76.6 cm³/mol. The number of piperidine rings is 1. The zero-order valence-electron chi connectivity index (χ0n) is 11.4. The first-order valence-electron chi connectivity index (χ1n) is 6.66. The summed E-state index contributed by atoms with van der Waals surface area (Å²) in [5.41, 5.74) is -0.407. The van der Waals surface area contributed by atoms with Gasteiger partial charge in [-0.3, -0.25) is 4.98 Å². The van der Waals surface area contributed by atoms with E-state index in [1.165, 1.54) is 10.5 Å². The van der Waals surface area contributed by atoms with E-state index in [2.05, 4.69) is 11.6 Å². The van der Waals surface area contributed by atoms with Crippen molar-refractivity contribution < 1.29 is 13.5 Å². The smallest absolute Gasteiger partial charge is 0.244 e. The van der Waals surface area contributed by atoms with Crippen molar-refractivity contribution >= 4 is 10.0 Å². The normalized spacial score (nSPS) is 24.4. The number of rotatable bonds is 5. The van der Waals surface area contributed by atoms with Gasteiger partial charge in [-0.05, 0) is 31.4 Å². The number of aromatic nitrogens is 1. The van der Waals surface area contributed by atoms with Gasteiger partial charge in [-0.25, -0.2) is 8.42 Å². The molecule has 6 heteroatoms. The van der Waals surface area contributed by atoms with Crippen molar-refractivity contribution in [1.82, 2.24) is 9.29 Å². The standard InChI is InChI=1S/C14H20N2O3S/c1-2-6-14(12-17)7-4-9-16(11-14)20(18,19)13-5-3-8-15-10-13/h2-3,5,8,10,17H,1,4,6-7,9,11-12H2. The fraction of sp³-hybridized carbons (Fsp3) is 0.500. The Kier molecular flexibility index (Phi) is 4.57. The highest BCUT2D eigenvalue weighted by Crippen LogP contribution is 2.35. The number of nitrogens with zero attached hydrogens (tertiary/aromatic N) is 2. The summed E-state index contributed by atoms with van der Waals surface area (Å²) >= 11 is 0. The van der Waals surface area contributed by atoms with Crippen molar-refractivity contribution in [3.05, 3.63) is 37.2 Å². The molecule has 0 aliphatic carbocycles. The van der Waals surface area contributed by atoms with Crippen LogP contribution in [0, 0.1) is 5.41 Å². The summed E-state index contributed by atoms with van der Waals surface area (Å²) in [6.07, 6.45) is 6.82. The minimum atomic E-state index is -3.54. The van der Waals surface area contributed by atoms with E-state index >= 15 is 0 Å². The van der Waals surface area contributed by atoms with E-state index in [0.717, 1.165) is 12.8 Å². The second-order valence-electron chi connectivity index (χ2n) is 5.28. The third-order valence-electron chi connectivity index (χ3n) is 3.81. The molecule has 1 atom stereocenters. The highest BCUT2D eigenvalue weighted by molar-refractivity contribution is 7.89. The van der Waals surface area contributed by atoms with Gasteiger partial charge in [-0.15, -0.1) is 6.58 Å². The van der Waals surface area contributed by atoms with Gasteiger partial charge in [0.25, 0.3) is 0 Å². The van der Waals surface area contributed by atoms with E-state index in [1.807, 2.05) is 0 Å². The molecule has 2 rings (SSSR count). The maximum absolute atomic E-state index is 12.6. The van der Waals surface area contributed by atoms with Crippen LogP contribution in [0.1, 0.15) is 19.3 Å². The van der Waals surface area contributed by atoms with Gasteiger partial charge in [-0.2, -0.15) is 4.31 Å². The fourth-order valence-corrected chi connectivity index (χ4v) is 4.24. The highest BCUT2D eigenvalue weighted by Gasteiger charge is 2.39. The number of aliphatic hydroxyl groups excluding tert-OH is 1. The van der Waals surface area contributed by atoms with Crippen molar-refractivity contribution in [2.75, 3.05) is 19.7 Å². The first kappa shape index (κ1) is 15.2. The average Bonchev–Trinajstić information content (AvgIpc) is 2.49. The molecule has 1 unspecified atom stereocenters. The summed E-state index contributed by atoms with van der Waals surface area (Å²) in [6.45, 7) is 4.48. The predicted octanol–water partition coefficient (Wildman–Crippen LogP) is 1.42. The van der Waals surface area contributed by atoms with Gasteiger partial charge in [0.2, 0.25) is 10.0 Å². The molecule has 1 aliphatic rings. The molecule has 1 fully saturated rings. The number of hydrogen-bond acceptors (Lipinski definition) is 4. The maximum atomic E-state index is 12.6. The molecule has 20 heavy (non-hydrogen) atoms. The van der Waals surface area contributed by atoms with Crippen molar-refractivity contribution in [2.24, 2.45) is 5.41 Å². The van der Waals surface area contributed by atoms with Crippen molar-refractivity contribution in [1.29, 1.82) is 0 Å². The summed E-state index contributed by atoms with van der Waals surface area (Å²) in [5, 5.41) is 9.65. The second kappa shape index (κ2) is 6.03. The van der Waals surface area contributed by atoms with Crippen LogP contribution in [0.5, 0.6) is 0 Å². The highest BCUT2D eigenvalue weighted by atomic mass is 32.2. The lowest BCUT2D eigenvalue weighted by Gasteiger charge is -2.40. The topological polar surface area (TPSA) is 70.5 Å². The van der Waals surface area contributed by atoms with E-state index in [-0.39, 0.29) is 11.5 Å². The van der Waals surface area contributed by atoms with E-state index in [0.29, 0.717) is 19.5 Å². The lowest BCUT2D eigenvalue weighted by atomic mass is 9.79. The van der Waals surface area contributed by atoms with Gasteiger partial charge in [0, 0.05) is 30.9 Å². The monoisotopic (exact) mass is 296 g/mol. The van der Waals surface area contributed by atoms with Crippen molar-refractivity contribution in [3.8, 4) is 0 Å².